The van der Waals surface area contributed by atoms with Crippen LogP contribution in [-0.4, -0.2) is 10.9 Å². The molecule has 0 unspecified atom stereocenters. The highest BCUT2D eigenvalue weighted by Crippen LogP contribution is 2.20. The van der Waals surface area contributed by atoms with Crippen molar-refractivity contribution in [3.63, 3.8) is 0 Å². The van der Waals surface area contributed by atoms with Crippen LogP contribution in [0.5, 0.6) is 0 Å². The second-order valence-corrected chi connectivity index (χ2v) is 5.71. The molecule has 1 heterocycles. The second-order valence-electron chi connectivity index (χ2n) is 5.71. The number of nitrogens with one attached hydrogen (secondary N) is 2. The van der Waals surface area contributed by atoms with Crippen molar-refractivity contribution in [2.24, 2.45) is 0 Å². The first kappa shape index (κ1) is 15.7. The summed E-state index contributed by atoms with van der Waals surface area (Å²) in [5.41, 5.74) is 4.48. The molecule has 0 aliphatic heterocycles. The van der Waals surface area contributed by atoms with E-state index in [2.05, 4.69) is 15.6 Å². The molecular weight excluding hydrogens is 298 g/mol. The Morgan fingerprint density at radius 1 is 0.833 bits per heavy atom. The molecule has 3 aromatic rings. The Labute approximate surface area is 141 Å². The molecule has 120 valence electrons. The molecule has 1 aromatic heterocycles. The lowest BCUT2D eigenvalue weighted by atomic mass is 10.2. The largest absolute Gasteiger partial charge is 0.340 e. The second kappa shape index (κ2) is 6.96. The van der Waals surface area contributed by atoms with Gasteiger partial charge in [0.1, 0.15) is 5.82 Å². The van der Waals surface area contributed by atoms with Crippen molar-refractivity contribution in [2.75, 3.05) is 10.6 Å². The number of rotatable bonds is 4. The Morgan fingerprint density at radius 2 is 1.42 bits per heavy atom. The van der Waals surface area contributed by atoms with Crippen molar-refractivity contribution in [1.82, 2.24) is 4.98 Å². The molecule has 0 spiro atoms. The van der Waals surface area contributed by atoms with Gasteiger partial charge in [0, 0.05) is 17.6 Å². The lowest BCUT2D eigenvalue weighted by Crippen LogP contribution is -2.14. The van der Waals surface area contributed by atoms with Crippen LogP contribution in [0.4, 0.5) is 17.2 Å². The van der Waals surface area contributed by atoms with Gasteiger partial charge in [-0.25, -0.2) is 4.98 Å². The van der Waals surface area contributed by atoms with Gasteiger partial charge in [0.05, 0.1) is 5.56 Å². The number of aromatic nitrogens is 1. The number of aryl methyl sites for hydroxylation is 2. The summed E-state index contributed by atoms with van der Waals surface area (Å²) in [4.78, 5) is 16.9. The fourth-order valence-corrected chi connectivity index (χ4v) is 2.30. The van der Waals surface area contributed by atoms with Crippen molar-refractivity contribution in [2.45, 2.75) is 13.8 Å². The van der Waals surface area contributed by atoms with Gasteiger partial charge in [-0.2, -0.15) is 0 Å². The van der Waals surface area contributed by atoms with Gasteiger partial charge in [0.25, 0.3) is 5.91 Å². The van der Waals surface area contributed by atoms with Crippen molar-refractivity contribution in [1.29, 1.82) is 0 Å². The third kappa shape index (κ3) is 3.79. The summed E-state index contributed by atoms with van der Waals surface area (Å²) in [6.07, 6.45) is 1.67. The lowest BCUT2D eigenvalue weighted by Gasteiger charge is -2.11. The van der Waals surface area contributed by atoms with Crippen molar-refractivity contribution in [3.05, 3.63) is 83.6 Å². The molecule has 0 aliphatic rings. The Morgan fingerprint density at radius 3 is 2.04 bits per heavy atom. The van der Waals surface area contributed by atoms with Gasteiger partial charge in [0.15, 0.2) is 0 Å². The van der Waals surface area contributed by atoms with E-state index in [0.717, 1.165) is 16.9 Å². The number of amides is 1. The summed E-state index contributed by atoms with van der Waals surface area (Å²) in [6.45, 7) is 4.04. The van der Waals surface area contributed by atoms with Gasteiger partial charge in [-0.1, -0.05) is 35.4 Å². The molecule has 2 aromatic carbocycles. The molecule has 0 radical (unpaired) electrons. The van der Waals surface area contributed by atoms with Crippen LogP contribution >= 0.6 is 0 Å². The molecule has 3 rings (SSSR count). The zero-order chi connectivity index (χ0) is 16.9. The fourth-order valence-electron chi connectivity index (χ4n) is 2.30. The van der Waals surface area contributed by atoms with Crippen molar-refractivity contribution >= 4 is 23.1 Å². The minimum atomic E-state index is -0.193. The Bertz CT molecular complexity index is 840. The molecule has 4 heteroatoms. The topological polar surface area (TPSA) is 54.0 Å². The zero-order valence-corrected chi connectivity index (χ0v) is 13.7. The number of hydrogen-bond acceptors (Lipinski definition) is 3. The van der Waals surface area contributed by atoms with Crippen LogP contribution in [0.15, 0.2) is 66.9 Å². The number of carbonyl (C=O) groups is 1. The van der Waals surface area contributed by atoms with Gasteiger partial charge >= 0.3 is 0 Å². The standard InChI is InChI=1S/C20H19N3O/c1-14-5-9-16(10-6-14)22-19-18(4-3-13-21-19)20(24)23-17-11-7-15(2)8-12-17/h3-13H,1-2H3,(H,21,22)(H,23,24). The predicted octanol–water partition coefficient (Wildman–Crippen LogP) is 4.69. The fraction of sp³-hybridized carbons (Fsp3) is 0.100. The first-order valence-corrected chi connectivity index (χ1v) is 7.78. The molecule has 4 nitrogen and oxygen atoms in total. The summed E-state index contributed by atoms with van der Waals surface area (Å²) in [6, 6.07) is 19.2. The summed E-state index contributed by atoms with van der Waals surface area (Å²) in [5, 5.41) is 6.11. The van der Waals surface area contributed by atoms with E-state index >= 15 is 0 Å². The van der Waals surface area contributed by atoms with Gasteiger partial charge in [-0.05, 0) is 50.2 Å². The van der Waals surface area contributed by atoms with E-state index in [1.54, 1.807) is 18.3 Å². The van der Waals surface area contributed by atoms with Crippen LogP contribution in [0, 0.1) is 13.8 Å². The Hall–Kier alpha value is -3.14. The quantitative estimate of drug-likeness (QED) is 0.733. The average Bonchev–Trinajstić information content (AvgIpc) is 2.59. The first-order valence-electron chi connectivity index (χ1n) is 7.78. The molecule has 0 aliphatic carbocycles. The number of anilines is 3. The highest BCUT2D eigenvalue weighted by molar-refractivity contribution is 6.07. The maximum Gasteiger partial charge on any atom is 0.259 e. The highest BCUT2D eigenvalue weighted by atomic mass is 16.1. The van der Waals surface area contributed by atoms with Gasteiger partial charge < -0.3 is 10.6 Å². The number of hydrogen-bond donors (Lipinski definition) is 2. The smallest absolute Gasteiger partial charge is 0.259 e. The predicted molar refractivity (Wildman–Crippen MR) is 97.8 cm³/mol. The third-order valence-corrected chi connectivity index (χ3v) is 3.68. The van der Waals surface area contributed by atoms with E-state index in [1.807, 2.05) is 62.4 Å². The molecule has 0 saturated heterocycles. The molecule has 0 atom stereocenters. The third-order valence-electron chi connectivity index (χ3n) is 3.68. The molecule has 0 bridgehead atoms. The number of carbonyl (C=O) groups excluding carboxylic acids is 1. The van der Waals surface area contributed by atoms with E-state index in [9.17, 15) is 4.79 Å². The van der Waals surface area contributed by atoms with E-state index in [0.29, 0.717) is 11.4 Å². The Kier molecular flexibility index (Phi) is 4.57. The van der Waals surface area contributed by atoms with Crippen molar-refractivity contribution < 1.29 is 4.79 Å². The van der Waals surface area contributed by atoms with E-state index in [-0.39, 0.29) is 5.91 Å². The van der Waals surface area contributed by atoms with Crippen LogP contribution in [-0.2, 0) is 0 Å². The van der Waals surface area contributed by atoms with Gasteiger partial charge in [-0.3, -0.25) is 4.79 Å². The summed E-state index contributed by atoms with van der Waals surface area (Å²) in [5.74, 6) is 0.340. The van der Waals surface area contributed by atoms with Crippen LogP contribution < -0.4 is 10.6 Å². The maximum absolute atomic E-state index is 12.6. The molecule has 0 fully saturated rings. The zero-order valence-electron chi connectivity index (χ0n) is 13.7. The normalized spacial score (nSPS) is 10.2. The Balaban J connectivity index is 1.81. The average molecular weight is 317 g/mol. The maximum atomic E-state index is 12.6. The summed E-state index contributed by atoms with van der Waals surface area (Å²) >= 11 is 0. The first-order chi connectivity index (χ1) is 11.6. The van der Waals surface area contributed by atoms with Crippen LogP contribution in [0.25, 0.3) is 0 Å². The number of benzene rings is 2. The number of nitrogens with zero attached hydrogens (tertiary/aromatic N) is 1. The molecule has 24 heavy (non-hydrogen) atoms. The van der Waals surface area contributed by atoms with Crippen molar-refractivity contribution in [3.8, 4) is 0 Å². The van der Waals surface area contributed by atoms with E-state index < -0.39 is 0 Å². The van der Waals surface area contributed by atoms with Gasteiger partial charge in [-0.15, -0.1) is 0 Å². The summed E-state index contributed by atoms with van der Waals surface area (Å²) in [7, 11) is 0. The van der Waals surface area contributed by atoms with Gasteiger partial charge in [0.2, 0.25) is 0 Å². The number of pyridine rings is 1. The molecular formula is C20H19N3O. The minimum Gasteiger partial charge on any atom is -0.340 e. The van der Waals surface area contributed by atoms with Crippen LogP contribution in [0.2, 0.25) is 0 Å². The lowest BCUT2D eigenvalue weighted by molar-refractivity contribution is 0.102. The molecule has 0 saturated carbocycles. The summed E-state index contributed by atoms with van der Waals surface area (Å²) < 4.78 is 0. The van der Waals surface area contributed by atoms with Crippen LogP contribution in [0.3, 0.4) is 0 Å². The van der Waals surface area contributed by atoms with E-state index in [4.69, 9.17) is 0 Å². The molecule has 1 amide bonds. The van der Waals surface area contributed by atoms with E-state index in [1.165, 1.54) is 5.56 Å². The highest BCUT2D eigenvalue weighted by Gasteiger charge is 2.12. The molecule has 2 N–H and O–H groups in total. The minimum absolute atomic E-state index is 0.193. The SMILES string of the molecule is Cc1ccc(NC(=O)c2cccnc2Nc2ccc(C)cc2)cc1. The van der Waals surface area contributed by atoms with Crippen LogP contribution in [0.1, 0.15) is 21.5 Å². The monoisotopic (exact) mass is 317 g/mol.